The van der Waals surface area contributed by atoms with E-state index in [1.54, 1.807) is 31.2 Å². The Morgan fingerprint density at radius 2 is 1.56 bits per heavy atom. The van der Waals surface area contributed by atoms with Crippen LogP contribution < -0.4 is 9.62 Å². The van der Waals surface area contributed by atoms with E-state index in [4.69, 9.17) is 0 Å². The number of sulfonamides is 1. The van der Waals surface area contributed by atoms with Crippen LogP contribution in [0.5, 0.6) is 0 Å². The maximum Gasteiger partial charge on any atom is 0.264 e. The molecule has 0 spiro atoms. The van der Waals surface area contributed by atoms with Gasteiger partial charge in [0, 0.05) is 13.6 Å². The van der Waals surface area contributed by atoms with Crippen molar-refractivity contribution in [2.24, 2.45) is 0 Å². The summed E-state index contributed by atoms with van der Waals surface area (Å²) in [6.07, 6.45) is 0.341. The van der Waals surface area contributed by atoms with Crippen LogP contribution in [0.4, 0.5) is 10.1 Å². The van der Waals surface area contributed by atoms with E-state index >= 15 is 0 Å². The number of carbonyl (C=O) groups is 2. The molecule has 3 rings (SSSR count). The third-order valence-electron chi connectivity index (χ3n) is 5.83. The highest BCUT2D eigenvalue weighted by molar-refractivity contribution is 7.92. The molecule has 0 heterocycles. The summed E-state index contributed by atoms with van der Waals surface area (Å²) in [5.41, 5.74) is 2.00. The molecule has 0 fully saturated rings. The van der Waals surface area contributed by atoms with Crippen LogP contribution in [0, 0.1) is 12.7 Å². The Morgan fingerprint density at radius 1 is 0.944 bits per heavy atom. The minimum absolute atomic E-state index is 0.129. The fourth-order valence-electron chi connectivity index (χ4n) is 3.84. The SMILES string of the molecule is CC[C@@H](C(=O)NC)N(Cc1ccccc1)C(=O)CN(c1ccc(C)cc1)S(=O)(=O)c1ccc(F)cc1. The fraction of sp³-hybridized carbons (Fsp3) is 0.259. The second-order valence-corrected chi connectivity index (χ2v) is 10.2. The molecule has 0 bridgehead atoms. The van der Waals surface area contributed by atoms with Gasteiger partial charge in [0.05, 0.1) is 10.6 Å². The largest absolute Gasteiger partial charge is 0.357 e. The first kappa shape index (κ1) is 26.9. The lowest BCUT2D eigenvalue weighted by molar-refractivity contribution is -0.140. The molecule has 0 aliphatic rings. The number of hydrogen-bond donors (Lipinski definition) is 1. The van der Waals surface area contributed by atoms with Crippen molar-refractivity contribution in [1.29, 1.82) is 0 Å². The van der Waals surface area contributed by atoms with Crippen LogP contribution in [-0.4, -0.2) is 44.8 Å². The number of halogens is 1. The molecule has 0 radical (unpaired) electrons. The van der Waals surface area contributed by atoms with Crippen LogP contribution in [-0.2, 0) is 26.2 Å². The first-order valence-electron chi connectivity index (χ1n) is 11.6. The van der Waals surface area contributed by atoms with Gasteiger partial charge in [-0.1, -0.05) is 55.0 Å². The Hall–Kier alpha value is -3.72. The van der Waals surface area contributed by atoms with Gasteiger partial charge in [0.2, 0.25) is 11.8 Å². The van der Waals surface area contributed by atoms with Crippen molar-refractivity contribution in [3.05, 3.63) is 95.8 Å². The maximum atomic E-state index is 13.7. The Morgan fingerprint density at radius 3 is 2.11 bits per heavy atom. The molecule has 1 atom stereocenters. The van der Waals surface area contributed by atoms with Crippen molar-refractivity contribution in [3.63, 3.8) is 0 Å². The molecule has 7 nitrogen and oxygen atoms in total. The monoisotopic (exact) mass is 511 g/mol. The van der Waals surface area contributed by atoms with Gasteiger partial charge in [-0.2, -0.15) is 0 Å². The topological polar surface area (TPSA) is 86.8 Å². The van der Waals surface area contributed by atoms with E-state index in [1.807, 2.05) is 37.3 Å². The van der Waals surface area contributed by atoms with Crippen LogP contribution in [0.25, 0.3) is 0 Å². The standard InChI is InChI=1S/C27H30FN3O4S/c1-4-25(27(33)29-3)30(18-21-8-6-5-7-9-21)26(32)19-31(23-14-10-20(2)11-15-23)36(34,35)24-16-12-22(28)13-17-24/h5-17,25H,4,18-19H2,1-3H3,(H,29,33)/t25-/m0/s1. The van der Waals surface area contributed by atoms with Gasteiger partial charge < -0.3 is 10.2 Å². The highest BCUT2D eigenvalue weighted by atomic mass is 32.2. The Labute approximate surface area is 211 Å². The molecular formula is C27H30FN3O4S. The minimum Gasteiger partial charge on any atom is -0.357 e. The summed E-state index contributed by atoms with van der Waals surface area (Å²) in [6, 6.07) is 19.5. The number of amides is 2. The Balaban J connectivity index is 2.04. The second-order valence-electron chi connectivity index (χ2n) is 8.35. The number of aryl methyl sites for hydroxylation is 1. The predicted octanol–water partition coefficient (Wildman–Crippen LogP) is 3.88. The van der Waals surface area contributed by atoms with E-state index in [9.17, 15) is 22.4 Å². The molecule has 3 aromatic rings. The second kappa shape index (κ2) is 11.8. The normalized spacial score (nSPS) is 12.0. The quantitative estimate of drug-likeness (QED) is 0.448. The predicted molar refractivity (Wildman–Crippen MR) is 137 cm³/mol. The maximum absolute atomic E-state index is 13.7. The van der Waals surface area contributed by atoms with Gasteiger partial charge in [0.1, 0.15) is 18.4 Å². The van der Waals surface area contributed by atoms with Gasteiger partial charge in [-0.25, -0.2) is 12.8 Å². The summed E-state index contributed by atoms with van der Waals surface area (Å²) in [4.78, 5) is 27.6. The number of benzene rings is 3. The van der Waals surface area contributed by atoms with Gasteiger partial charge >= 0.3 is 0 Å². The van der Waals surface area contributed by atoms with E-state index < -0.39 is 34.3 Å². The molecule has 36 heavy (non-hydrogen) atoms. The molecule has 0 aromatic heterocycles. The summed E-state index contributed by atoms with van der Waals surface area (Å²) >= 11 is 0. The van der Waals surface area contributed by atoms with Gasteiger partial charge in [0.25, 0.3) is 10.0 Å². The molecule has 1 N–H and O–H groups in total. The van der Waals surface area contributed by atoms with Crippen molar-refractivity contribution in [1.82, 2.24) is 10.2 Å². The molecule has 0 aliphatic heterocycles. The number of hydrogen-bond acceptors (Lipinski definition) is 4. The van der Waals surface area contributed by atoms with Gasteiger partial charge in [-0.3, -0.25) is 13.9 Å². The number of nitrogens with zero attached hydrogens (tertiary/aromatic N) is 2. The van der Waals surface area contributed by atoms with Crippen molar-refractivity contribution in [3.8, 4) is 0 Å². The lowest BCUT2D eigenvalue weighted by atomic mass is 10.1. The Bertz CT molecular complexity index is 1280. The van der Waals surface area contributed by atoms with Gasteiger partial charge in [-0.05, 0) is 55.3 Å². The van der Waals surface area contributed by atoms with E-state index in [0.29, 0.717) is 6.42 Å². The zero-order chi connectivity index (χ0) is 26.3. The average molecular weight is 512 g/mol. The lowest BCUT2D eigenvalue weighted by Gasteiger charge is -2.33. The molecule has 3 aromatic carbocycles. The first-order valence-corrected chi connectivity index (χ1v) is 13.0. The third kappa shape index (κ3) is 6.28. The zero-order valence-electron chi connectivity index (χ0n) is 20.5. The van der Waals surface area contributed by atoms with E-state index in [1.165, 1.54) is 11.9 Å². The molecule has 0 saturated carbocycles. The summed E-state index contributed by atoms with van der Waals surface area (Å²) in [7, 11) is -2.73. The van der Waals surface area contributed by atoms with Crippen molar-refractivity contribution in [2.45, 2.75) is 37.8 Å². The van der Waals surface area contributed by atoms with Crippen molar-refractivity contribution < 1.29 is 22.4 Å². The van der Waals surface area contributed by atoms with E-state index in [-0.39, 0.29) is 23.0 Å². The van der Waals surface area contributed by atoms with Gasteiger partial charge in [-0.15, -0.1) is 0 Å². The van der Waals surface area contributed by atoms with Crippen LogP contribution in [0.2, 0.25) is 0 Å². The molecule has 0 aliphatic carbocycles. The Kier molecular flexibility index (Phi) is 8.82. The summed E-state index contributed by atoms with van der Waals surface area (Å²) < 4.78 is 41.7. The third-order valence-corrected chi connectivity index (χ3v) is 7.62. The first-order chi connectivity index (χ1) is 17.2. The molecule has 9 heteroatoms. The fourth-order valence-corrected chi connectivity index (χ4v) is 5.25. The number of likely N-dealkylation sites (N-methyl/N-ethyl adjacent to an activating group) is 1. The highest BCUT2D eigenvalue weighted by Crippen LogP contribution is 2.25. The summed E-state index contributed by atoms with van der Waals surface area (Å²) in [5.74, 6) is -1.46. The zero-order valence-corrected chi connectivity index (χ0v) is 21.3. The van der Waals surface area contributed by atoms with E-state index in [0.717, 1.165) is 39.7 Å². The van der Waals surface area contributed by atoms with Crippen LogP contribution >= 0.6 is 0 Å². The molecule has 190 valence electrons. The molecule has 0 saturated heterocycles. The van der Waals surface area contributed by atoms with Crippen LogP contribution in [0.1, 0.15) is 24.5 Å². The van der Waals surface area contributed by atoms with E-state index in [2.05, 4.69) is 5.32 Å². The minimum atomic E-state index is -4.22. The summed E-state index contributed by atoms with van der Waals surface area (Å²) in [5, 5.41) is 2.59. The number of nitrogens with one attached hydrogen (secondary N) is 1. The van der Waals surface area contributed by atoms with Crippen LogP contribution in [0.3, 0.4) is 0 Å². The van der Waals surface area contributed by atoms with Gasteiger partial charge in [0.15, 0.2) is 0 Å². The molecule has 2 amide bonds. The van der Waals surface area contributed by atoms with Crippen molar-refractivity contribution >= 4 is 27.5 Å². The number of anilines is 1. The highest BCUT2D eigenvalue weighted by Gasteiger charge is 2.33. The molecular weight excluding hydrogens is 481 g/mol. The average Bonchev–Trinajstić information content (AvgIpc) is 2.88. The summed E-state index contributed by atoms with van der Waals surface area (Å²) in [6.45, 7) is 3.25. The number of rotatable bonds is 10. The molecule has 0 unspecified atom stereocenters. The smallest absolute Gasteiger partial charge is 0.264 e. The van der Waals surface area contributed by atoms with Crippen LogP contribution in [0.15, 0.2) is 83.8 Å². The van der Waals surface area contributed by atoms with Crippen molar-refractivity contribution in [2.75, 3.05) is 17.9 Å². The lowest BCUT2D eigenvalue weighted by Crippen LogP contribution is -2.51. The number of carbonyl (C=O) groups excluding carboxylic acids is 2.